The quantitative estimate of drug-likeness (QED) is 0.511. The van der Waals surface area contributed by atoms with Crippen molar-refractivity contribution in [2.24, 2.45) is 5.41 Å². The minimum absolute atomic E-state index is 0.134. The summed E-state index contributed by atoms with van der Waals surface area (Å²) in [6.45, 7) is 8.75. The number of methoxy groups -OCH3 is 1. The zero-order chi connectivity index (χ0) is 11.2. The molecule has 14 heavy (non-hydrogen) atoms. The van der Waals surface area contributed by atoms with Gasteiger partial charge in [0.2, 0.25) is 0 Å². The summed E-state index contributed by atoms with van der Waals surface area (Å²) >= 11 is 0. The van der Waals surface area contributed by atoms with E-state index < -0.39 is 0 Å². The molecular formula is C12H22O2. The molecule has 0 amide bonds. The summed E-state index contributed by atoms with van der Waals surface area (Å²) in [6.07, 6.45) is 4.48. The van der Waals surface area contributed by atoms with Crippen molar-refractivity contribution in [1.29, 1.82) is 0 Å². The first-order valence-electron chi connectivity index (χ1n) is 5.07. The van der Waals surface area contributed by atoms with Crippen molar-refractivity contribution in [2.45, 2.75) is 47.0 Å². The minimum Gasteiger partial charge on any atom is -0.469 e. The fraction of sp³-hybridized carbons (Fsp3) is 0.750. The smallest absolute Gasteiger partial charge is 0.305 e. The molecule has 0 aromatic carbocycles. The zero-order valence-corrected chi connectivity index (χ0v) is 10.0. The molecule has 0 N–H and O–H groups in total. The molecule has 0 radical (unpaired) electrons. The number of hydrogen-bond acceptors (Lipinski definition) is 2. The van der Waals surface area contributed by atoms with Gasteiger partial charge < -0.3 is 4.74 Å². The fourth-order valence-corrected chi connectivity index (χ4v) is 1.45. The van der Waals surface area contributed by atoms with Gasteiger partial charge in [0, 0.05) is 6.42 Å². The lowest BCUT2D eigenvalue weighted by Crippen LogP contribution is -2.05. The summed E-state index contributed by atoms with van der Waals surface area (Å²) in [7, 11) is 1.42. The van der Waals surface area contributed by atoms with E-state index in [1.54, 1.807) is 0 Å². The predicted octanol–water partition coefficient (Wildman–Crippen LogP) is 3.32. The minimum atomic E-state index is -0.134. The maximum absolute atomic E-state index is 10.8. The summed E-state index contributed by atoms with van der Waals surface area (Å²) in [6, 6.07) is 0. The van der Waals surface area contributed by atoms with E-state index >= 15 is 0 Å². The van der Waals surface area contributed by atoms with Crippen LogP contribution in [0.25, 0.3) is 0 Å². The number of hydrogen-bond donors (Lipinski definition) is 0. The van der Waals surface area contributed by atoms with Gasteiger partial charge in [-0.2, -0.15) is 0 Å². The summed E-state index contributed by atoms with van der Waals surface area (Å²) in [4.78, 5) is 10.8. The molecule has 0 aliphatic rings. The van der Waals surface area contributed by atoms with Gasteiger partial charge in [-0.3, -0.25) is 4.79 Å². The highest BCUT2D eigenvalue weighted by Gasteiger charge is 2.10. The average molecular weight is 198 g/mol. The van der Waals surface area contributed by atoms with E-state index in [0.29, 0.717) is 11.8 Å². The summed E-state index contributed by atoms with van der Waals surface area (Å²) < 4.78 is 4.56. The summed E-state index contributed by atoms with van der Waals surface area (Å²) in [5.74, 6) is -0.134. The van der Waals surface area contributed by atoms with Crippen LogP contribution in [-0.4, -0.2) is 13.1 Å². The Bertz CT molecular complexity index is 209. The second-order valence-corrected chi connectivity index (χ2v) is 4.90. The molecule has 0 rings (SSSR count). The van der Waals surface area contributed by atoms with E-state index in [-0.39, 0.29) is 5.97 Å². The van der Waals surface area contributed by atoms with Crippen molar-refractivity contribution in [3.63, 3.8) is 0 Å². The molecule has 0 heterocycles. The summed E-state index contributed by atoms with van der Waals surface area (Å²) in [5.41, 5.74) is 1.67. The van der Waals surface area contributed by atoms with Gasteiger partial charge >= 0.3 is 5.97 Å². The van der Waals surface area contributed by atoms with Crippen LogP contribution >= 0.6 is 0 Å². The third-order valence-electron chi connectivity index (χ3n) is 1.88. The van der Waals surface area contributed by atoms with Gasteiger partial charge in [0.05, 0.1) is 7.11 Å². The molecule has 0 saturated carbocycles. The first kappa shape index (κ1) is 13.2. The van der Waals surface area contributed by atoms with Crippen LogP contribution in [0.15, 0.2) is 11.6 Å². The Balaban J connectivity index is 3.83. The molecule has 0 saturated heterocycles. The Kier molecular flexibility index (Phi) is 5.51. The molecule has 0 aliphatic heterocycles. The van der Waals surface area contributed by atoms with Gasteiger partial charge in [0.1, 0.15) is 0 Å². The topological polar surface area (TPSA) is 26.3 Å². The van der Waals surface area contributed by atoms with Crippen molar-refractivity contribution >= 4 is 5.97 Å². The van der Waals surface area contributed by atoms with Crippen LogP contribution in [0.4, 0.5) is 0 Å². The number of esters is 1. The number of carbonyl (C=O) groups excluding carboxylic acids is 1. The van der Waals surface area contributed by atoms with Gasteiger partial charge in [-0.15, -0.1) is 0 Å². The van der Waals surface area contributed by atoms with Crippen molar-refractivity contribution in [1.82, 2.24) is 0 Å². The standard InChI is InChI=1S/C12H22O2/c1-10(9-12(2,3)4)7-6-8-11(13)14-5/h7H,6,8-9H2,1-5H3/b10-7+. The second kappa shape index (κ2) is 5.84. The maximum atomic E-state index is 10.8. The van der Waals surface area contributed by atoms with E-state index in [1.165, 1.54) is 12.7 Å². The Hall–Kier alpha value is -0.790. The number of carbonyl (C=O) groups is 1. The lowest BCUT2D eigenvalue weighted by atomic mass is 9.88. The lowest BCUT2D eigenvalue weighted by molar-refractivity contribution is -0.140. The van der Waals surface area contributed by atoms with Crippen LogP contribution in [0.5, 0.6) is 0 Å². The molecule has 0 aromatic rings. The van der Waals surface area contributed by atoms with Gasteiger partial charge in [0.15, 0.2) is 0 Å². The Morgan fingerprint density at radius 1 is 1.36 bits per heavy atom. The first-order chi connectivity index (χ1) is 6.35. The van der Waals surface area contributed by atoms with Crippen molar-refractivity contribution in [2.75, 3.05) is 7.11 Å². The number of ether oxygens (including phenoxy) is 1. The van der Waals surface area contributed by atoms with Crippen LogP contribution < -0.4 is 0 Å². The van der Waals surface area contributed by atoms with Crippen LogP contribution in [-0.2, 0) is 9.53 Å². The first-order valence-corrected chi connectivity index (χ1v) is 5.07. The highest BCUT2D eigenvalue weighted by Crippen LogP contribution is 2.23. The Labute approximate surface area is 87.3 Å². The van der Waals surface area contributed by atoms with E-state index in [1.807, 2.05) is 0 Å². The van der Waals surface area contributed by atoms with Crippen molar-refractivity contribution < 1.29 is 9.53 Å². The third kappa shape index (κ3) is 7.84. The largest absolute Gasteiger partial charge is 0.469 e. The second-order valence-electron chi connectivity index (χ2n) is 4.90. The SMILES string of the molecule is COC(=O)CC/C=C(\C)CC(C)(C)C. The fourth-order valence-electron chi connectivity index (χ4n) is 1.45. The monoisotopic (exact) mass is 198 g/mol. The maximum Gasteiger partial charge on any atom is 0.305 e. The third-order valence-corrected chi connectivity index (χ3v) is 1.88. The van der Waals surface area contributed by atoms with E-state index in [9.17, 15) is 4.79 Å². The Morgan fingerprint density at radius 2 is 1.93 bits per heavy atom. The van der Waals surface area contributed by atoms with Crippen LogP contribution in [0.3, 0.4) is 0 Å². The van der Waals surface area contributed by atoms with Crippen molar-refractivity contribution in [3.05, 3.63) is 11.6 Å². The van der Waals surface area contributed by atoms with Gasteiger partial charge in [-0.05, 0) is 25.2 Å². The van der Waals surface area contributed by atoms with Crippen LogP contribution in [0.1, 0.15) is 47.0 Å². The molecule has 0 spiro atoms. The number of allylic oxidation sites excluding steroid dienone is 2. The molecule has 2 heteroatoms. The molecular weight excluding hydrogens is 176 g/mol. The van der Waals surface area contributed by atoms with Gasteiger partial charge in [-0.1, -0.05) is 32.4 Å². The molecule has 0 unspecified atom stereocenters. The average Bonchev–Trinajstić information content (AvgIpc) is 2.00. The van der Waals surface area contributed by atoms with Crippen LogP contribution in [0.2, 0.25) is 0 Å². The molecule has 0 bridgehead atoms. The highest BCUT2D eigenvalue weighted by molar-refractivity contribution is 5.69. The van der Waals surface area contributed by atoms with E-state index in [2.05, 4.69) is 38.5 Å². The van der Waals surface area contributed by atoms with Crippen LogP contribution in [0, 0.1) is 5.41 Å². The molecule has 0 fully saturated rings. The molecule has 82 valence electrons. The lowest BCUT2D eigenvalue weighted by Gasteiger charge is -2.18. The summed E-state index contributed by atoms with van der Waals surface area (Å²) in [5, 5.41) is 0. The molecule has 0 aromatic heterocycles. The van der Waals surface area contributed by atoms with Crippen molar-refractivity contribution in [3.8, 4) is 0 Å². The van der Waals surface area contributed by atoms with Gasteiger partial charge in [-0.25, -0.2) is 0 Å². The molecule has 2 nitrogen and oxygen atoms in total. The van der Waals surface area contributed by atoms with Gasteiger partial charge in [0.25, 0.3) is 0 Å². The van der Waals surface area contributed by atoms with E-state index in [0.717, 1.165) is 12.8 Å². The molecule has 0 aliphatic carbocycles. The Morgan fingerprint density at radius 3 is 2.36 bits per heavy atom. The molecule has 0 atom stereocenters. The van der Waals surface area contributed by atoms with E-state index in [4.69, 9.17) is 0 Å². The predicted molar refractivity (Wildman–Crippen MR) is 59.1 cm³/mol. The normalized spacial score (nSPS) is 12.8. The number of rotatable bonds is 4. The zero-order valence-electron chi connectivity index (χ0n) is 10.0. The highest BCUT2D eigenvalue weighted by atomic mass is 16.5.